The van der Waals surface area contributed by atoms with Crippen LogP contribution in [0.5, 0.6) is 0 Å². The van der Waals surface area contributed by atoms with Gasteiger partial charge in [0.25, 0.3) is 5.78 Å². The number of carbonyl (C=O) groups excluding carboxylic acids is 2. The second-order valence-electron chi connectivity index (χ2n) is 8.53. The van der Waals surface area contributed by atoms with Crippen LogP contribution in [-0.4, -0.2) is 37.9 Å². The monoisotopic (exact) mass is 472 g/mol. The molecule has 0 spiro atoms. The van der Waals surface area contributed by atoms with Gasteiger partial charge in [-0.2, -0.15) is 5.10 Å². The first-order valence-electron chi connectivity index (χ1n) is 11.7. The zero-order chi connectivity index (χ0) is 24.5. The quantitative estimate of drug-likeness (QED) is 0.457. The number of halogens is 1. The summed E-state index contributed by atoms with van der Waals surface area (Å²) in [4.78, 5) is 35.9. The average molecular weight is 473 g/mol. The van der Waals surface area contributed by atoms with E-state index in [2.05, 4.69) is 34.2 Å². The minimum absolute atomic E-state index is 0.0845. The topological polar surface area (TPSA) is 92.5 Å². The Balaban J connectivity index is 1.28. The van der Waals surface area contributed by atoms with Crippen LogP contribution in [0.4, 0.5) is 15.8 Å². The molecule has 0 bridgehead atoms. The summed E-state index contributed by atoms with van der Waals surface area (Å²) in [6.45, 7) is 4.32. The lowest BCUT2D eigenvalue weighted by Crippen LogP contribution is -2.28. The van der Waals surface area contributed by atoms with E-state index in [0.29, 0.717) is 17.2 Å². The number of aromatic nitrogens is 4. The highest BCUT2D eigenvalue weighted by molar-refractivity contribution is 6.03. The molecule has 0 radical (unpaired) electrons. The second kappa shape index (κ2) is 9.25. The van der Waals surface area contributed by atoms with Crippen molar-refractivity contribution in [3.63, 3.8) is 0 Å². The van der Waals surface area contributed by atoms with Gasteiger partial charge in [-0.05, 0) is 43.2 Å². The van der Waals surface area contributed by atoms with E-state index in [4.69, 9.17) is 0 Å². The van der Waals surface area contributed by atoms with Crippen LogP contribution in [-0.2, 0) is 22.4 Å². The molecule has 2 aromatic carbocycles. The number of fused-ring (bicyclic) bond motifs is 1. The molecular weight excluding hydrogens is 447 g/mol. The molecule has 1 aliphatic rings. The lowest BCUT2D eigenvalue weighted by atomic mass is 10.1. The van der Waals surface area contributed by atoms with E-state index in [0.717, 1.165) is 35.5 Å². The average Bonchev–Trinajstić information content (AvgIpc) is 3.46. The lowest BCUT2D eigenvalue weighted by Gasteiger charge is -2.16. The van der Waals surface area contributed by atoms with E-state index in [-0.39, 0.29) is 24.8 Å². The Kier molecular flexibility index (Phi) is 5.98. The SMILES string of the molecule is CCc1nc2nc(-c3ccc(NC(=O)[C@H]4CC(=O)N(c5cccc(F)c5)C4)cc3)cn2nc1CC. The minimum atomic E-state index is -0.512. The van der Waals surface area contributed by atoms with Crippen LogP contribution in [0, 0.1) is 11.7 Å². The maximum absolute atomic E-state index is 13.5. The van der Waals surface area contributed by atoms with Crippen molar-refractivity contribution in [2.75, 3.05) is 16.8 Å². The van der Waals surface area contributed by atoms with E-state index in [1.807, 2.05) is 18.3 Å². The largest absolute Gasteiger partial charge is 0.326 e. The summed E-state index contributed by atoms with van der Waals surface area (Å²) in [5.74, 6) is -0.818. The summed E-state index contributed by atoms with van der Waals surface area (Å²) in [5.41, 5.74) is 4.62. The Labute approximate surface area is 201 Å². The van der Waals surface area contributed by atoms with Crippen molar-refractivity contribution >= 4 is 29.0 Å². The van der Waals surface area contributed by atoms with Gasteiger partial charge in [0.15, 0.2) is 0 Å². The number of nitrogens with one attached hydrogen (secondary N) is 1. The summed E-state index contributed by atoms with van der Waals surface area (Å²) in [7, 11) is 0. The molecule has 1 fully saturated rings. The highest BCUT2D eigenvalue weighted by Crippen LogP contribution is 2.27. The lowest BCUT2D eigenvalue weighted by molar-refractivity contribution is -0.122. The fourth-order valence-electron chi connectivity index (χ4n) is 4.33. The zero-order valence-electron chi connectivity index (χ0n) is 19.5. The summed E-state index contributed by atoms with van der Waals surface area (Å²) in [6, 6.07) is 13.2. The molecule has 2 amide bonds. The zero-order valence-corrected chi connectivity index (χ0v) is 19.5. The fraction of sp³-hybridized carbons (Fsp3) is 0.269. The van der Waals surface area contributed by atoms with Crippen molar-refractivity contribution in [1.82, 2.24) is 19.6 Å². The first-order chi connectivity index (χ1) is 16.9. The van der Waals surface area contributed by atoms with E-state index >= 15 is 0 Å². The molecule has 1 N–H and O–H groups in total. The molecule has 1 aliphatic heterocycles. The molecule has 9 heteroatoms. The molecule has 8 nitrogen and oxygen atoms in total. The van der Waals surface area contributed by atoms with Crippen LogP contribution >= 0.6 is 0 Å². The first kappa shape index (κ1) is 22.6. The summed E-state index contributed by atoms with van der Waals surface area (Å²) < 4.78 is 15.2. The van der Waals surface area contributed by atoms with E-state index in [1.54, 1.807) is 28.8 Å². The number of amides is 2. The van der Waals surface area contributed by atoms with Crippen LogP contribution in [0.15, 0.2) is 54.7 Å². The summed E-state index contributed by atoms with van der Waals surface area (Å²) in [5, 5.41) is 7.51. The van der Waals surface area contributed by atoms with Crippen molar-refractivity contribution < 1.29 is 14.0 Å². The molecule has 0 unspecified atom stereocenters. The highest BCUT2D eigenvalue weighted by Gasteiger charge is 2.35. The van der Waals surface area contributed by atoms with Crippen LogP contribution in [0.25, 0.3) is 17.0 Å². The van der Waals surface area contributed by atoms with E-state index in [1.165, 1.54) is 17.0 Å². The van der Waals surface area contributed by atoms with Crippen molar-refractivity contribution in [3.05, 3.63) is 71.9 Å². The van der Waals surface area contributed by atoms with Crippen molar-refractivity contribution in [2.45, 2.75) is 33.1 Å². The third-order valence-corrected chi connectivity index (χ3v) is 6.20. The molecule has 1 saturated heterocycles. The Morgan fingerprint density at radius 2 is 1.86 bits per heavy atom. The van der Waals surface area contributed by atoms with E-state index < -0.39 is 11.7 Å². The van der Waals surface area contributed by atoms with Crippen LogP contribution in [0.1, 0.15) is 31.7 Å². The molecule has 3 heterocycles. The van der Waals surface area contributed by atoms with Gasteiger partial charge in [0, 0.05) is 29.9 Å². The highest BCUT2D eigenvalue weighted by atomic mass is 19.1. The molecule has 5 rings (SSSR count). The summed E-state index contributed by atoms with van der Waals surface area (Å²) in [6.07, 6.45) is 3.54. The van der Waals surface area contributed by atoms with Gasteiger partial charge in [0.05, 0.1) is 29.2 Å². The van der Waals surface area contributed by atoms with Gasteiger partial charge >= 0.3 is 0 Å². The normalized spacial score (nSPS) is 15.7. The molecule has 1 atom stereocenters. The van der Waals surface area contributed by atoms with Gasteiger partial charge in [-0.15, -0.1) is 0 Å². The van der Waals surface area contributed by atoms with Gasteiger partial charge in [-0.1, -0.05) is 32.0 Å². The van der Waals surface area contributed by atoms with E-state index in [9.17, 15) is 14.0 Å². The molecule has 4 aromatic rings. The van der Waals surface area contributed by atoms with Gasteiger partial charge in [-0.3, -0.25) is 9.59 Å². The Bertz CT molecular complexity index is 1370. The van der Waals surface area contributed by atoms with Crippen LogP contribution in [0.2, 0.25) is 0 Å². The maximum Gasteiger partial charge on any atom is 0.251 e. The number of benzene rings is 2. The predicted molar refractivity (Wildman–Crippen MR) is 130 cm³/mol. The molecule has 0 saturated carbocycles. The van der Waals surface area contributed by atoms with Crippen molar-refractivity contribution in [1.29, 1.82) is 0 Å². The van der Waals surface area contributed by atoms with Gasteiger partial charge < -0.3 is 10.2 Å². The molecular formula is C26H25FN6O2. The Morgan fingerprint density at radius 3 is 2.57 bits per heavy atom. The maximum atomic E-state index is 13.5. The third-order valence-electron chi connectivity index (χ3n) is 6.20. The fourth-order valence-corrected chi connectivity index (χ4v) is 4.33. The van der Waals surface area contributed by atoms with Crippen molar-refractivity contribution in [2.24, 2.45) is 5.92 Å². The first-order valence-corrected chi connectivity index (χ1v) is 11.7. The molecule has 178 valence electrons. The molecule has 2 aromatic heterocycles. The van der Waals surface area contributed by atoms with Crippen LogP contribution < -0.4 is 10.2 Å². The molecule has 35 heavy (non-hydrogen) atoms. The number of hydrogen-bond acceptors (Lipinski definition) is 5. The number of nitrogens with zero attached hydrogens (tertiary/aromatic N) is 5. The van der Waals surface area contributed by atoms with Gasteiger partial charge in [0.2, 0.25) is 11.8 Å². The number of rotatable bonds is 6. The number of anilines is 2. The van der Waals surface area contributed by atoms with Crippen molar-refractivity contribution in [3.8, 4) is 11.3 Å². The Morgan fingerprint density at radius 1 is 1.09 bits per heavy atom. The minimum Gasteiger partial charge on any atom is -0.326 e. The number of hydrogen-bond donors (Lipinski definition) is 1. The number of carbonyl (C=O) groups is 2. The Hall–Kier alpha value is -4.14. The molecule has 0 aliphatic carbocycles. The van der Waals surface area contributed by atoms with Crippen LogP contribution in [0.3, 0.4) is 0 Å². The third kappa shape index (κ3) is 4.49. The standard InChI is InChI=1S/C26H25FN6O2/c1-3-21-22(4-2)31-33-15-23(30-26(33)29-21)16-8-10-19(11-9-16)28-25(35)17-12-24(34)32(14-17)20-7-5-6-18(27)13-20/h5-11,13,15,17H,3-4,12,14H2,1-2H3,(H,28,35)/t17-/m0/s1. The smallest absolute Gasteiger partial charge is 0.251 e. The number of imidazole rings is 1. The number of aryl methyl sites for hydroxylation is 2. The van der Waals surface area contributed by atoms with Gasteiger partial charge in [0.1, 0.15) is 5.82 Å². The van der Waals surface area contributed by atoms with Gasteiger partial charge in [-0.25, -0.2) is 18.9 Å². The second-order valence-corrected chi connectivity index (χ2v) is 8.53. The summed E-state index contributed by atoms with van der Waals surface area (Å²) >= 11 is 0. The predicted octanol–water partition coefficient (Wildman–Crippen LogP) is 4.05.